The van der Waals surface area contributed by atoms with Crippen LogP contribution in [-0.2, 0) is 11.2 Å². The lowest BCUT2D eigenvalue weighted by molar-refractivity contribution is -0.119. The molecule has 0 saturated carbocycles. The normalized spacial score (nSPS) is 14.3. The summed E-state index contributed by atoms with van der Waals surface area (Å²) in [5.41, 5.74) is 6.54. The predicted molar refractivity (Wildman–Crippen MR) is 91.6 cm³/mol. The van der Waals surface area contributed by atoms with Crippen molar-refractivity contribution >= 4 is 17.3 Å². The van der Waals surface area contributed by atoms with Gasteiger partial charge in [-0.1, -0.05) is 24.3 Å². The average molecular weight is 308 g/mol. The summed E-state index contributed by atoms with van der Waals surface area (Å²) in [4.78, 5) is 18.5. The molecule has 118 valence electrons. The number of amides is 1. The van der Waals surface area contributed by atoms with Crippen LogP contribution in [0.3, 0.4) is 0 Å². The van der Waals surface area contributed by atoms with Crippen molar-refractivity contribution in [3.63, 3.8) is 0 Å². The highest BCUT2D eigenvalue weighted by molar-refractivity contribution is 5.97. The fourth-order valence-electron chi connectivity index (χ4n) is 2.76. The first-order chi connectivity index (χ1) is 11.2. The van der Waals surface area contributed by atoms with Crippen LogP contribution in [0.4, 0.5) is 5.69 Å². The van der Waals surface area contributed by atoms with E-state index in [9.17, 15) is 4.79 Å². The van der Waals surface area contributed by atoms with Crippen LogP contribution in [0.5, 0.6) is 0 Å². The summed E-state index contributed by atoms with van der Waals surface area (Å²) < 4.78 is 0. The van der Waals surface area contributed by atoms with E-state index in [1.807, 2.05) is 37.3 Å². The molecule has 1 aromatic carbocycles. The second-order valence-electron chi connectivity index (χ2n) is 5.60. The Bertz CT molecular complexity index is 712. The highest BCUT2D eigenvalue weighted by Gasteiger charge is 2.18. The topological polar surface area (TPSA) is 57.6 Å². The molecular formula is C18H20N4O. The van der Waals surface area contributed by atoms with Crippen molar-refractivity contribution in [2.45, 2.75) is 19.8 Å². The maximum absolute atomic E-state index is 12.2. The van der Waals surface area contributed by atoms with Crippen LogP contribution in [0.15, 0.2) is 53.8 Å². The number of nitrogens with zero attached hydrogens (tertiary/aromatic N) is 3. The molecule has 1 N–H and O–H groups in total. The third-order valence-corrected chi connectivity index (χ3v) is 3.92. The molecule has 2 aromatic rings. The molecule has 0 spiro atoms. The summed E-state index contributed by atoms with van der Waals surface area (Å²) >= 11 is 0. The van der Waals surface area contributed by atoms with Crippen molar-refractivity contribution in [3.05, 3.63) is 59.9 Å². The van der Waals surface area contributed by atoms with Crippen molar-refractivity contribution in [2.75, 3.05) is 18.0 Å². The lowest BCUT2D eigenvalue weighted by Crippen LogP contribution is -2.38. The van der Waals surface area contributed by atoms with Gasteiger partial charge >= 0.3 is 0 Å². The Morgan fingerprint density at radius 2 is 2.09 bits per heavy atom. The van der Waals surface area contributed by atoms with Gasteiger partial charge in [-0.15, -0.1) is 0 Å². The fourth-order valence-corrected chi connectivity index (χ4v) is 2.76. The van der Waals surface area contributed by atoms with Gasteiger partial charge in [0.15, 0.2) is 0 Å². The summed E-state index contributed by atoms with van der Waals surface area (Å²) in [5.74, 6) is -0.114. The van der Waals surface area contributed by atoms with E-state index in [2.05, 4.69) is 32.5 Å². The Kier molecular flexibility index (Phi) is 4.66. The zero-order valence-electron chi connectivity index (χ0n) is 13.2. The standard InChI is InChI=1S/C18H20N4O/c1-14(16-9-4-5-11-19-16)20-21-18(23)13-22-12-6-8-15-7-2-3-10-17(15)22/h2-5,7,9-11H,6,8,12-13H2,1H3,(H,21,23)/b20-14-. The summed E-state index contributed by atoms with van der Waals surface area (Å²) in [7, 11) is 0. The van der Waals surface area contributed by atoms with Crippen molar-refractivity contribution in [1.29, 1.82) is 0 Å². The average Bonchev–Trinajstić information content (AvgIpc) is 2.61. The molecule has 5 heteroatoms. The number of benzene rings is 1. The largest absolute Gasteiger partial charge is 0.362 e. The van der Waals surface area contributed by atoms with Crippen LogP contribution in [0.2, 0.25) is 0 Å². The van der Waals surface area contributed by atoms with Crippen LogP contribution < -0.4 is 10.3 Å². The molecule has 0 radical (unpaired) electrons. The number of hydrazone groups is 1. The van der Waals surface area contributed by atoms with Crippen molar-refractivity contribution in [1.82, 2.24) is 10.4 Å². The minimum atomic E-state index is -0.114. The van der Waals surface area contributed by atoms with Gasteiger partial charge < -0.3 is 4.90 Å². The molecule has 0 aliphatic carbocycles. The first-order valence-corrected chi connectivity index (χ1v) is 7.81. The van der Waals surface area contributed by atoms with Gasteiger partial charge in [-0.05, 0) is 43.5 Å². The lowest BCUT2D eigenvalue weighted by Gasteiger charge is -2.30. The van der Waals surface area contributed by atoms with E-state index in [0.29, 0.717) is 12.3 Å². The highest BCUT2D eigenvalue weighted by atomic mass is 16.2. The zero-order valence-corrected chi connectivity index (χ0v) is 13.2. The van der Waals surface area contributed by atoms with Crippen LogP contribution in [0.25, 0.3) is 0 Å². The van der Waals surface area contributed by atoms with Gasteiger partial charge in [-0.3, -0.25) is 9.78 Å². The first kappa shape index (κ1) is 15.2. The van der Waals surface area contributed by atoms with Gasteiger partial charge in [0, 0.05) is 18.4 Å². The zero-order chi connectivity index (χ0) is 16.1. The molecule has 0 unspecified atom stereocenters. The first-order valence-electron chi connectivity index (χ1n) is 7.81. The van der Waals surface area contributed by atoms with E-state index in [-0.39, 0.29) is 5.91 Å². The van der Waals surface area contributed by atoms with Crippen molar-refractivity contribution < 1.29 is 4.79 Å². The van der Waals surface area contributed by atoms with E-state index >= 15 is 0 Å². The second-order valence-corrected chi connectivity index (χ2v) is 5.60. The molecule has 5 nitrogen and oxygen atoms in total. The number of aromatic nitrogens is 1. The molecule has 2 heterocycles. The Balaban J connectivity index is 1.62. The second kappa shape index (κ2) is 7.05. The Morgan fingerprint density at radius 3 is 2.91 bits per heavy atom. The number of nitrogens with one attached hydrogen (secondary N) is 1. The van der Waals surface area contributed by atoms with Gasteiger partial charge in [-0.25, -0.2) is 5.43 Å². The number of aryl methyl sites for hydroxylation is 1. The third-order valence-electron chi connectivity index (χ3n) is 3.92. The molecule has 3 rings (SSSR count). The molecule has 1 amide bonds. The van der Waals surface area contributed by atoms with Gasteiger partial charge in [0.25, 0.3) is 5.91 Å². The minimum Gasteiger partial charge on any atom is -0.362 e. The van der Waals surface area contributed by atoms with Gasteiger partial charge in [0.2, 0.25) is 0 Å². The number of pyridine rings is 1. The molecule has 23 heavy (non-hydrogen) atoms. The van der Waals surface area contributed by atoms with E-state index < -0.39 is 0 Å². The molecule has 1 aliphatic rings. The van der Waals surface area contributed by atoms with Gasteiger partial charge in [0.05, 0.1) is 18.0 Å². The Labute approximate surface area is 136 Å². The number of hydrogen-bond acceptors (Lipinski definition) is 4. The molecule has 1 aliphatic heterocycles. The number of carbonyl (C=O) groups excluding carboxylic acids is 1. The third kappa shape index (κ3) is 3.74. The molecule has 0 bridgehead atoms. The molecule has 0 saturated heterocycles. The summed E-state index contributed by atoms with van der Waals surface area (Å²) in [6.45, 7) is 3.04. The molecule has 0 fully saturated rings. The van der Waals surface area contributed by atoms with E-state index in [0.717, 1.165) is 30.8 Å². The number of anilines is 1. The summed E-state index contributed by atoms with van der Waals surface area (Å²) in [5, 5.41) is 4.14. The number of fused-ring (bicyclic) bond motifs is 1. The van der Waals surface area contributed by atoms with Crippen LogP contribution in [0.1, 0.15) is 24.6 Å². The number of hydrogen-bond donors (Lipinski definition) is 1. The fraction of sp³-hybridized carbons (Fsp3) is 0.278. The van der Waals surface area contributed by atoms with Gasteiger partial charge in [-0.2, -0.15) is 5.10 Å². The van der Waals surface area contributed by atoms with E-state index in [1.165, 1.54) is 5.56 Å². The van der Waals surface area contributed by atoms with Crippen LogP contribution in [-0.4, -0.2) is 29.7 Å². The van der Waals surface area contributed by atoms with Crippen molar-refractivity contribution in [2.24, 2.45) is 5.10 Å². The summed E-state index contributed by atoms with van der Waals surface area (Å²) in [6, 6.07) is 13.9. The van der Waals surface area contributed by atoms with Crippen LogP contribution >= 0.6 is 0 Å². The lowest BCUT2D eigenvalue weighted by atomic mass is 10.0. The minimum absolute atomic E-state index is 0.114. The summed E-state index contributed by atoms with van der Waals surface area (Å²) in [6.07, 6.45) is 3.85. The van der Waals surface area contributed by atoms with E-state index in [1.54, 1.807) is 6.20 Å². The Hall–Kier alpha value is -2.69. The Morgan fingerprint density at radius 1 is 1.26 bits per heavy atom. The number of para-hydroxylation sites is 1. The molecule has 0 atom stereocenters. The maximum Gasteiger partial charge on any atom is 0.259 e. The number of rotatable bonds is 4. The highest BCUT2D eigenvalue weighted by Crippen LogP contribution is 2.26. The van der Waals surface area contributed by atoms with Crippen molar-refractivity contribution in [3.8, 4) is 0 Å². The molecular weight excluding hydrogens is 288 g/mol. The quantitative estimate of drug-likeness (QED) is 0.697. The number of carbonyl (C=O) groups is 1. The SMILES string of the molecule is C/C(=N/NC(=O)CN1CCCc2ccccc21)c1ccccn1. The monoisotopic (exact) mass is 308 g/mol. The smallest absolute Gasteiger partial charge is 0.259 e. The molecule has 1 aromatic heterocycles. The van der Waals surface area contributed by atoms with Gasteiger partial charge in [0.1, 0.15) is 0 Å². The van der Waals surface area contributed by atoms with Crippen LogP contribution in [0, 0.1) is 0 Å². The predicted octanol–water partition coefficient (Wildman–Crippen LogP) is 2.37. The maximum atomic E-state index is 12.2. The van der Waals surface area contributed by atoms with E-state index in [4.69, 9.17) is 0 Å².